The molecule has 0 spiro atoms. The number of ether oxygens (including phenoxy) is 1. The summed E-state index contributed by atoms with van der Waals surface area (Å²) in [5.74, 6) is -0.420. The maximum Gasteiger partial charge on any atom is 0.340 e. The molecule has 0 atom stereocenters. The van der Waals surface area contributed by atoms with Crippen LogP contribution >= 0.6 is 0 Å². The predicted octanol–water partition coefficient (Wildman–Crippen LogP) is 2.89. The lowest BCUT2D eigenvalue weighted by Gasteiger charge is -2.11. The Morgan fingerprint density at radius 1 is 1.40 bits per heavy atom. The van der Waals surface area contributed by atoms with Gasteiger partial charge in [0.05, 0.1) is 23.6 Å². The molecule has 20 heavy (non-hydrogen) atoms. The number of nitrogens with zero attached hydrogens (tertiary/aromatic N) is 1. The molecule has 0 fully saturated rings. The van der Waals surface area contributed by atoms with Gasteiger partial charge in [-0.05, 0) is 44.2 Å². The molecule has 2 rings (SSSR count). The fourth-order valence-electron chi connectivity index (χ4n) is 1.79. The van der Waals surface area contributed by atoms with Crippen LogP contribution in [0, 0.1) is 6.92 Å². The van der Waals surface area contributed by atoms with Crippen molar-refractivity contribution in [1.82, 2.24) is 4.98 Å². The Bertz CT molecular complexity index is 626. The first-order valence-electron chi connectivity index (χ1n) is 6.37. The molecule has 0 unspecified atom stereocenters. The third-order valence-corrected chi connectivity index (χ3v) is 2.83. The molecular weight excluding hydrogens is 254 g/mol. The minimum atomic E-state index is -0.420. The Kier molecular flexibility index (Phi) is 4.20. The van der Waals surface area contributed by atoms with E-state index in [9.17, 15) is 4.79 Å². The summed E-state index contributed by atoms with van der Waals surface area (Å²) in [6.45, 7) is 3.98. The third kappa shape index (κ3) is 3.06. The Morgan fingerprint density at radius 2 is 2.20 bits per heavy atom. The molecule has 3 N–H and O–H groups in total. The zero-order valence-corrected chi connectivity index (χ0v) is 11.5. The molecular formula is C15H17N3O2. The molecule has 0 amide bonds. The fourth-order valence-corrected chi connectivity index (χ4v) is 1.79. The SMILES string of the molecule is CCOC(=O)c1cc(Nc2cccnc2C)ccc1N. The number of anilines is 3. The summed E-state index contributed by atoms with van der Waals surface area (Å²) in [4.78, 5) is 16.0. The second-order valence-corrected chi connectivity index (χ2v) is 4.28. The number of hydrogen-bond acceptors (Lipinski definition) is 5. The molecule has 0 bridgehead atoms. The summed E-state index contributed by atoms with van der Waals surface area (Å²) in [5, 5.41) is 3.21. The van der Waals surface area contributed by atoms with Crippen LogP contribution in [0.5, 0.6) is 0 Å². The van der Waals surface area contributed by atoms with Gasteiger partial charge in [-0.3, -0.25) is 4.98 Å². The lowest BCUT2D eigenvalue weighted by Crippen LogP contribution is -2.08. The molecule has 0 saturated carbocycles. The van der Waals surface area contributed by atoms with Gasteiger partial charge >= 0.3 is 5.97 Å². The van der Waals surface area contributed by atoms with Crippen molar-refractivity contribution in [3.05, 3.63) is 47.8 Å². The number of aryl methyl sites for hydroxylation is 1. The Hall–Kier alpha value is -2.56. The van der Waals surface area contributed by atoms with Crippen LogP contribution in [0.15, 0.2) is 36.5 Å². The van der Waals surface area contributed by atoms with E-state index in [1.807, 2.05) is 25.1 Å². The number of pyridine rings is 1. The Labute approximate surface area is 117 Å². The molecule has 2 aromatic rings. The summed E-state index contributed by atoms with van der Waals surface area (Å²) in [5.41, 5.74) is 9.08. The van der Waals surface area contributed by atoms with Crippen molar-refractivity contribution in [2.24, 2.45) is 0 Å². The van der Waals surface area contributed by atoms with E-state index in [1.54, 1.807) is 25.3 Å². The van der Waals surface area contributed by atoms with Gasteiger partial charge in [-0.2, -0.15) is 0 Å². The monoisotopic (exact) mass is 271 g/mol. The van der Waals surface area contributed by atoms with Crippen molar-refractivity contribution in [2.45, 2.75) is 13.8 Å². The van der Waals surface area contributed by atoms with Crippen LogP contribution in [0.1, 0.15) is 23.0 Å². The molecule has 5 heteroatoms. The van der Waals surface area contributed by atoms with E-state index in [-0.39, 0.29) is 0 Å². The van der Waals surface area contributed by atoms with Gasteiger partial charge in [0, 0.05) is 17.6 Å². The van der Waals surface area contributed by atoms with Crippen LogP contribution in [0.2, 0.25) is 0 Å². The van der Waals surface area contributed by atoms with E-state index in [0.717, 1.165) is 17.1 Å². The van der Waals surface area contributed by atoms with Crippen molar-refractivity contribution in [2.75, 3.05) is 17.7 Å². The number of aromatic nitrogens is 1. The van der Waals surface area contributed by atoms with Gasteiger partial charge in [0.25, 0.3) is 0 Å². The van der Waals surface area contributed by atoms with Crippen LogP contribution in [-0.2, 0) is 4.74 Å². The van der Waals surface area contributed by atoms with Gasteiger partial charge in [0.1, 0.15) is 0 Å². The summed E-state index contributed by atoms with van der Waals surface area (Å²) in [6.07, 6.45) is 1.73. The van der Waals surface area contributed by atoms with E-state index < -0.39 is 5.97 Å². The molecule has 104 valence electrons. The lowest BCUT2D eigenvalue weighted by molar-refractivity contribution is 0.0527. The molecule has 0 aliphatic rings. The first kappa shape index (κ1) is 13.9. The van der Waals surface area contributed by atoms with Crippen LogP contribution in [0.4, 0.5) is 17.1 Å². The molecule has 5 nitrogen and oxygen atoms in total. The lowest BCUT2D eigenvalue weighted by atomic mass is 10.1. The minimum absolute atomic E-state index is 0.317. The zero-order valence-electron chi connectivity index (χ0n) is 11.5. The van der Waals surface area contributed by atoms with E-state index in [0.29, 0.717) is 17.9 Å². The van der Waals surface area contributed by atoms with Gasteiger partial charge in [-0.1, -0.05) is 0 Å². The quantitative estimate of drug-likeness (QED) is 0.660. The summed E-state index contributed by atoms with van der Waals surface area (Å²) in [6, 6.07) is 8.94. The molecule has 0 radical (unpaired) electrons. The van der Waals surface area contributed by atoms with Gasteiger partial charge in [0.15, 0.2) is 0 Å². The Morgan fingerprint density at radius 3 is 2.90 bits per heavy atom. The normalized spacial score (nSPS) is 10.1. The van der Waals surface area contributed by atoms with Gasteiger partial charge in [-0.25, -0.2) is 4.79 Å². The maximum atomic E-state index is 11.8. The molecule has 1 heterocycles. The highest BCUT2D eigenvalue weighted by Crippen LogP contribution is 2.23. The maximum absolute atomic E-state index is 11.8. The van der Waals surface area contributed by atoms with Gasteiger partial charge < -0.3 is 15.8 Å². The number of carbonyl (C=O) groups excluding carboxylic acids is 1. The highest BCUT2D eigenvalue weighted by atomic mass is 16.5. The second-order valence-electron chi connectivity index (χ2n) is 4.28. The number of benzene rings is 1. The van der Waals surface area contributed by atoms with Crippen LogP contribution in [0.25, 0.3) is 0 Å². The number of nitrogens with two attached hydrogens (primary N) is 1. The van der Waals surface area contributed by atoms with Gasteiger partial charge in [-0.15, -0.1) is 0 Å². The number of nitrogen functional groups attached to an aromatic ring is 1. The van der Waals surface area contributed by atoms with E-state index in [1.165, 1.54) is 0 Å². The van der Waals surface area contributed by atoms with Crippen molar-refractivity contribution in [3.63, 3.8) is 0 Å². The number of esters is 1. The molecule has 1 aromatic carbocycles. The van der Waals surface area contributed by atoms with Crippen molar-refractivity contribution >= 4 is 23.0 Å². The Balaban J connectivity index is 2.28. The average Bonchev–Trinajstić information content (AvgIpc) is 2.43. The fraction of sp³-hybridized carbons (Fsp3) is 0.200. The van der Waals surface area contributed by atoms with Crippen molar-refractivity contribution in [1.29, 1.82) is 0 Å². The number of rotatable bonds is 4. The molecule has 0 saturated heterocycles. The molecule has 0 aliphatic heterocycles. The van der Waals surface area contributed by atoms with E-state index in [4.69, 9.17) is 10.5 Å². The van der Waals surface area contributed by atoms with Gasteiger partial charge in [0.2, 0.25) is 0 Å². The highest BCUT2D eigenvalue weighted by molar-refractivity contribution is 5.96. The molecule has 0 aliphatic carbocycles. The smallest absolute Gasteiger partial charge is 0.340 e. The number of carbonyl (C=O) groups is 1. The van der Waals surface area contributed by atoms with Crippen molar-refractivity contribution in [3.8, 4) is 0 Å². The minimum Gasteiger partial charge on any atom is -0.462 e. The van der Waals surface area contributed by atoms with E-state index >= 15 is 0 Å². The molecule has 1 aromatic heterocycles. The van der Waals surface area contributed by atoms with Crippen LogP contribution < -0.4 is 11.1 Å². The number of hydrogen-bond donors (Lipinski definition) is 2. The summed E-state index contributed by atoms with van der Waals surface area (Å²) < 4.78 is 4.98. The topological polar surface area (TPSA) is 77.2 Å². The van der Waals surface area contributed by atoms with E-state index in [2.05, 4.69) is 10.3 Å². The van der Waals surface area contributed by atoms with Crippen molar-refractivity contribution < 1.29 is 9.53 Å². The highest BCUT2D eigenvalue weighted by Gasteiger charge is 2.12. The standard InChI is InChI=1S/C15H17N3O2/c1-3-20-15(19)12-9-11(6-7-13(12)16)18-14-5-4-8-17-10(14)2/h4-9,18H,3,16H2,1-2H3. The van der Waals surface area contributed by atoms with Crippen LogP contribution in [-0.4, -0.2) is 17.6 Å². The zero-order chi connectivity index (χ0) is 14.5. The average molecular weight is 271 g/mol. The first-order chi connectivity index (χ1) is 9.61. The summed E-state index contributed by atoms with van der Waals surface area (Å²) in [7, 11) is 0. The largest absolute Gasteiger partial charge is 0.462 e. The number of nitrogens with one attached hydrogen (secondary N) is 1. The summed E-state index contributed by atoms with van der Waals surface area (Å²) >= 11 is 0. The predicted molar refractivity (Wildman–Crippen MR) is 79.1 cm³/mol. The third-order valence-electron chi connectivity index (χ3n) is 2.83. The first-order valence-corrected chi connectivity index (χ1v) is 6.37. The second kappa shape index (κ2) is 6.06. The van der Waals surface area contributed by atoms with Crippen LogP contribution in [0.3, 0.4) is 0 Å².